The number of nitrogens with one attached hydrogen (secondary N) is 1. The van der Waals surface area contributed by atoms with Crippen molar-refractivity contribution >= 4 is 11.7 Å². The fourth-order valence-corrected chi connectivity index (χ4v) is 1.41. The lowest BCUT2D eigenvalue weighted by Gasteiger charge is -2.26. The molecule has 0 bridgehead atoms. The van der Waals surface area contributed by atoms with Gasteiger partial charge in [0.2, 0.25) is 5.91 Å². The number of carbonyl (C=O) groups is 2. The molecule has 0 saturated heterocycles. The second kappa shape index (κ2) is 3.32. The number of Topliss-reactive ketones (excluding diaryl/α,β-unsaturated/α-hetero) is 1. The highest BCUT2D eigenvalue weighted by Crippen LogP contribution is 2.30. The summed E-state index contributed by atoms with van der Waals surface area (Å²) in [5.74, 6) is -0.146. The Morgan fingerprint density at radius 2 is 2.15 bits per heavy atom. The van der Waals surface area contributed by atoms with E-state index in [2.05, 4.69) is 19.2 Å². The van der Waals surface area contributed by atoms with E-state index in [9.17, 15) is 9.59 Å². The van der Waals surface area contributed by atoms with E-state index in [-0.39, 0.29) is 17.1 Å². The molecule has 1 aliphatic carbocycles. The van der Waals surface area contributed by atoms with Crippen LogP contribution in [0.2, 0.25) is 0 Å². The van der Waals surface area contributed by atoms with Crippen LogP contribution in [0.15, 0.2) is 11.8 Å². The Balaban J connectivity index is 2.84. The van der Waals surface area contributed by atoms with Crippen LogP contribution in [0.3, 0.4) is 0 Å². The van der Waals surface area contributed by atoms with Gasteiger partial charge in [-0.15, -0.1) is 0 Å². The van der Waals surface area contributed by atoms with Gasteiger partial charge >= 0.3 is 0 Å². The molecule has 0 spiro atoms. The third-order valence-corrected chi connectivity index (χ3v) is 2.14. The lowest BCUT2D eigenvalue weighted by molar-refractivity contribution is -0.122. The molecule has 0 aliphatic heterocycles. The third kappa shape index (κ3) is 2.68. The first-order valence-corrected chi connectivity index (χ1v) is 4.44. The van der Waals surface area contributed by atoms with Crippen molar-refractivity contribution in [2.24, 2.45) is 5.41 Å². The molecule has 1 aliphatic rings. The van der Waals surface area contributed by atoms with Crippen LogP contribution in [0.4, 0.5) is 0 Å². The predicted octanol–water partition coefficient (Wildman–Crippen LogP) is 1.40. The van der Waals surface area contributed by atoms with E-state index >= 15 is 0 Å². The summed E-state index contributed by atoms with van der Waals surface area (Å²) in [7, 11) is 0. The van der Waals surface area contributed by atoms with Crippen LogP contribution in [-0.2, 0) is 9.59 Å². The highest BCUT2D eigenvalue weighted by Gasteiger charge is 2.26. The molecule has 0 saturated carbocycles. The summed E-state index contributed by atoms with van der Waals surface area (Å²) in [4.78, 5) is 22.1. The number of ketones is 1. The molecule has 0 atom stereocenters. The highest BCUT2D eigenvalue weighted by molar-refractivity contribution is 5.99. The van der Waals surface area contributed by atoms with Gasteiger partial charge in [0, 0.05) is 13.3 Å². The molecule has 1 rings (SSSR count). The largest absolute Gasteiger partial charge is 0.324 e. The lowest BCUT2D eigenvalue weighted by atomic mass is 9.81. The van der Waals surface area contributed by atoms with E-state index in [1.54, 1.807) is 0 Å². The summed E-state index contributed by atoms with van der Waals surface area (Å²) < 4.78 is 0. The van der Waals surface area contributed by atoms with Crippen LogP contribution < -0.4 is 5.32 Å². The van der Waals surface area contributed by atoms with E-state index in [4.69, 9.17) is 0 Å². The molecular weight excluding hydrogens is 166 g/mol. The van der Waals surface area contributed by atoms with Gasteiger partial charge in [-0.25, -0.2) is 0 Å². The molecule has 13 heavy (non-hydrogen) atoms. The molecule has 0 radical (unpaired) electrons. The number of hydrogen-bond donors (Lipinski definition) is 1. The first-order chi connectivity index (χ1) is 5.91. The Labute approximate surface area is 78.2 Å². The van der Waals surface area contributed by atoms with Gasteiger partial charge in [0.1, 0.15) is 0 Å². The minimum Gasteiger partial charge on any atom is -0.324 e. The minimum atomic E-state index is -0.183. The fraction of sp³-hybridized carbons (Fsp3) is 0.600. The maximum Gasteiger partial charge on any atom is 0.221 e. The Bertz CT molecular complexity index is 277. The van der Waals surface area contributed by atoms with E-state index in [1.165, 1.54) is 6.92 Å². The summed E-state index contributed by atoms with van der Waals surface area (Å²) in [5.41, 5.74) is 0.481. The van der Waals surface area contributed by atoms with Crippen LogP contribution in [-0.4, -0.2) is 11.7 Å². The number of amides is 1. The molecule has 0 aromatic rings. The van der Waals surface area contributed by atoms with E-state index in [0.29, 0.717) is 12.1 Å². The van der Waals surface area contributed by atoms with Crippen molar-refractivity contribution in [1.82, 2.24) is 5.32 Å². The van der Waals surface area contributed by atoms with Crippen molar-refractivity contribution in [1.29, 1.82) is 0 Å². The molecule has 0 fully saturated rings. The van der Waals surface area contributed by atoms with Gasteiger partial charge in [0.15, 0.2) is 5.78 Å². The van der Waals surface area contributed by atoms with Crippen LogP contribution in [0, 0.1) is 5.41 Å². The van der Waals surface area contributed by atoms with Crippen LogP contribution in [0.5, 0.6) is 0 Å². The van der Waals surface area contributed by atoms with Crippen molar-refractivity contribution in [2.75, 3.05) is 0 Å². The zero-order valence-corrected chi connectivity index (χ0v) is 8.31. The normalized spacial score (nSPS) is 20.8. The molecular formula is C10H15NO2. The van der Waals surface area contributed by atoms with Crippen molar-refractivity contribution < 1.29 is 9.59 Å². The van der Waals surface area contributed by atoms with Crippen molar-refractivity contribution in [2.45, 2.75) is 33.6 Å². The maximum atomic E-state index is 11.3. The molecule has 3 heteroatoms. The number of hydrogen-bond acceptors (Lipinski definition) is 2. The first kappa shape index (κ1) is 9.96. The van der Waals surface area contributed by atoms with Gasteiger partial charge < -0.3 is 5.32 Å². The third-order valence-electron chi connectivity index (χ3n) is 2.14. The summed E-state index contributed by atoms with van der Waals surface area (Å²) in [6, 6.07) is 0. The second-order valence-electron chi connectivity index (χ2n) is 4.15. The molecule has 3 nitrogen and oxygen atoms in total. The van der Waals surface area contributed by atoms with Gasteiger partial charge in [-0.3, -0.25) is 9.59 Å². The van der Waals surface area contributed by atoms with Gasteiger partial charge in [-0.05, 0) is 11.8 Å². The number of carbonyl (C=O) groups excluding carboxylic acids is 2. The molecule has 1 N–H and O–H groups in total. The second-order valence-corrected chi connectivity index (χ2v) is 4.15. The van der Waals surface area contributed by atoms with Crippen molar-refractivity contribution in [3.8, 4) is 0 Å². The average molecular weight is 181 g/mol. The van der Waals surface area contributed by atoms with Crippen LogP contribution >= 0.6 is 0 Å². The Morgan fingerprint density at radius 3 is 2.69 bits per heavy atom. The SMILES string of the molecule is CC(=O)NC1=CC(C)(C)CCC1=O. The summed E-state index contributed by atoms with van der Waals surface area (Å²) in [6.07, 6.45) is 3.23. The highest BCUT2D eigenvalue weighted by atomic mass is 16.2. The predicted molar refractivity (Wildman–Crippen MR) is 49.9 cm³/mol. The minimum absolute atomic E-state index is 0.0195. The zero-order valence-electron chi connectivity index (χ0n) is 8.31. The maximum absolute atomic E-state index is 11.3. The summed E-state index contributed by atoms with van der Waals surface area (Å²) in [5, 5.41) is 2.56. The number of rotatable bonds is 1. The molecule has 1 amide bonds. The summed E-state index contributed by atoms with van der Waals surface area (Å²) >= 11 is 0. The topological polar surface area (TPSA) is 46.2 Å². The van der Waals surface area contributed by atoms with Gasteiger partial charge in [0.05, 0.1) is 5.70 Å². The Morgan fingerprint density at radius 1 is 1.54 bits per heavy atom. The molecule has 72 valence electrons. The molecule has 0 heterocycles. The smallest absolute Gasteiger partial charge is 0.221 e. The Kier molecular flexibility index (Phi) is 2.55. The molecule has 0 unspecified atom stereocenters. The lowest BCUT2D eigenvalue weighted by Crippen LogP contribution is -2.30. The van der Waals surface area contributed by atoms with Crippen molar-refractivity contribution in [3.63, 3.8) is 0 Å². The Hall–Kier alpha value is -1.12. The van der Waals surface area contributed by atoms with Gasteiger partial charge in [0.25, 0.3) is 0 Å². The average Bonchev–Trinajstić information content (AvgIpc) is 1.95. The van der Waals surface area contributed by atoms with Gasteiger partial charge in [-0.2, -0.15) is 0 Å². The zero-order chi connectivity index (χ0) is 10.1. The van der Waals surface area contributed by atoms with E-state index in [1.807, 2.05) is 6.08 Å². The molecule has 0 aromatic heterocycles. The quantitative estimate of drug-likeness (QED) is 0.664. The van der Waals surface area contributed by atoms with Crippen LogP contribution in [0.1, 0.15) is 33.6 Å². The number of allylic oxidation sites excluding steroid dienone is 2. The molecule has 0 aromatic carbocycles. The fourth-order valence-electron chi connectivity index (χ4n) is 1.41. The van der Waals surface area contributed by atoms with Gasteiger partial charge in [-0.1, -0.05) is 19.9 Å². The summed E-state index contributed by atoms with van der Waals surface area (Å²) in [6.45, 7) is 5.53. The monoisotopic (exact) mass is 181 g/mol. The van der Waals surface area contributed by atoms with Crippen molar-refractivity contribution in [3.05, 3.63) is 11.8 Å². The first-order valence-electron chi connectivity index (χ1n) is 4.44. The van der Waals surface area contributed by atoms with Crippen LogP contribution in [0.25, 0.3) is 0 Å². The standard InChI is InChI=1S/C10H15NO2/c1-7(12)11-8-6-10(2,3)5-4-9(8)13/h6H,4-5H2,1-3H3,(H,11,12). The van der Waals surface area contributed by atoms with E-state index < -0.39 is 0 Å². The van der Waals surface area contributed by atoms with E-state index in [0.717, 1.165) is 6.42 Å².